The first kappa shape index (κ1) is 12.4. The molecule has 1 unspecified atom stereocenters. The van der Waals surface area contributed by atoms with Gasteiger partial charge in [0.25, 0.3) is 0 Å². The van der Waals surface area contributed by atoms with Gasteiger partial charge in [-0.15, -0.1) is 0 Å². The van der Waals surface area contributed by atoms with E-state index in [1.807, 2.05) is 19.1 Å². The van der Waals surface area contributed by atoms with Crippen molar-refractivity contribution in [2.24, 2.45) is 0 Å². The van der Waals surface area contributed by atoms with Crippen LogP contribution in [-0.4, -0.2) is 9.97 Å². The minimum atomic E-state index is 0.180. The average molecular weight is 242 g/mol. The summed E-state index contributed by atoms with van der Waals surface area (Å²) < 4.78 is 0. The van der Waals surface area contributed by atoms with Crippen LogP contribution in [0, 0.1) is 13.8 Å². The normalized spacial score (nSPS) is 12.2. The lowest BCUT2D eigenvalue weighted by molar-refractivity contribution is 0.859. The fraction of sp³-hybridized carbons (Fsp3) is 0.286. The quantitative estimate of drug-likeness (QED) is 0.868. The van der Waals surface area contributed by atoms with E-state index < -0.39 is 0 Å². The third-order valence-corrected chi connectivity index (χ3v) is 2.88. The van der Waals surface area contributed by atoms with Crippen LogP contribution in [-0.2, 0) is 0 Å². The minimum absolute atomic E-state index is 0.180. The van der Waals surface area contributed by atoms with E-state index in [1.165, 1.54) is 11.1 Å². The predicted octanol–water partition coefficient (Wildman–Crippen LogP) is 2.85. The van der Waals surface area contributed by atoms with Crippen molar-refractivity contribution in [3.63, 3.8) is 0 Å². The van der Waals surface area contributed by atoms with Gasteiger partial charge in [0.1, 0.15) is 17.5 Å². The number of rotatable bonds is 3. The Morgan fingerprint density at radius 1 is 1.17 bits per heavy atom. The molecule has 4 nitrogen and oxygen atoms in total. The number of nitrogens with zero attached hydrogens (tertiary/aromatic N) is 2. The Balaban J connectivity index is 2.21. The molecule has 0 aliphatic carbocycles. The first-order valence-electron chi connectivity index (χ1n) is 5.99. The van der Waals surface area contributed by atoms with Gasteiger partial charge in [-0.25, -0.2) is 9.97 Å². The highest BCUT2D eigenvalue weighted by atomic mass is 15.1. The fourth-order valence-corrected chi connectivity index (χ4v) is 2.04. The molecular weight excluding hydrogens is 224 g/mol. The number of anilines is 2. The fourth-order valence-electron chi connectivity index (χ4n) is 2.04. The zero-order valence-electron chi connectivity index (χ0n) is 10.9. The van der Waals surface area contributed by atoms with Gasteiger partial charge in [-0.1, -0.05) is 24.3 Å². The summed E-state index contributed by atoms with van der Waals surface area (Å²) in [6.45, 7) is 6.04. The number of nitrogen functional groups attached to an aromatic ring is 1. The molecule has 0 radical (unpaired) electrons. The number of nitrogens with two attached hydrogens (primary N) is 1. The van der Waals surface area contributed by atoms with Crippen LogP contribution in [0.3, 0.4) is 0 Å². The largest absolute Gasteiger partial charge is 0.384 e. The van der Waals surface area contributed by atoms with E-state index in [4.69, 9.17) is 5.73 Å². The van der Waals surface area contributed by atoms with Crippen LogP contribution in [0.1, 0.15) is 29.9 Å². The highest BCUT2D eigenvalue weighted by Gasteiger charge is 2.09. The number of hydrogen-bond donors (Lipinski definition) is 2. The standard InChI is InChI=1S/C14H18N4/c1-9-6-4-5-7-12(9)10(2)16-14-8-13(15)17-11(3)18-14/h4-8,10H,1-3H3,(H3,15,16,17,18). The maximum atomic E-state index is 5.71. The molecule has 1 aromatic carbocycles. The number of aromatic nitrogens is 2. The summed E-state index contributed by atoms with van der Waals surface area (Å²) in [6, 6.07) is 10.2. The van der Waals surface area contributed by atoms with Gasteiger partial charge in [0.05, 0.1) is 6.04 Å². The van der Waals surface area contributed by atoms with Gasteiger partial charge in [0, 0.05) is 6.07 Å². The van der Waals surface area contributed by atoms with E-state index >= 15 is 0 Å². The second-order valence-corrected chi connectivity index (χ2v) is 4.45. The summed E-state index contributed by atoms with van der Waals surface area (Å²) in [4.78, 5) is 8.39. The van der Waals surface area contributed by atoms with Crippen LogP contribution in [0.25, 0.3) is 0 Å². The van der Waals surface area contributed by atoms with Gasteiger partial charge < -0.3 is 11.1 Å². The molecule has 0 fully saturated rings. The highest BCUT2D eigenvalue weighted by Crippen LogP contribution is 2.21. The topological polar surface area (TPSA) is 63.8 Å². The molecular formula is C14H18N4. The zero-order chi connectivity index (χ0) is 13.1. The van der Waals surface area contributed by atoms with Crippen molar-refractivity contribution >= 4 is 11.6 Å². The van der Waals surface area contributed by atoms with Crippen LogP contribution in [0.15, 0.2) is 30.3 Å². The second kappa shape index (κ2) is 5.04. The van der Waals surface area contributed by atoms with E-state index in [9.17, 15) is 0 Å². The summed E-state index contributed by atoms with van der Waals surface area (Å²) in [5.74, 6) is 1.92. The molecule has 1 heterocycles. The Morgan fingerprint density at radius 3 is 2.56 bits per heavy atom. The number of hydrogen-bond acceptors (Lipinski definition) is 4. The van der Waals surface area contributed by atoms with E-state index in [0.29, 0.717) is 11.6 Å². The summed E-state index contributed by atoms with van der Waals surface area (Å²) >= 11 is 0. The number of aryl methyl sites for hydroxylation is 2. The van der Waals surface area contributed by atoms with Crippen molar-refractivity contribution in [2.45, 2.75) is 26.8 Å². The van der Waals surface area contributed by atoms with Crippen molar-refractivity contribution in [1.29, 1.82) is 0 Å². The Labute approximate surface area is 107 Å². The molecule has 2 rings (SSSR count). The number of nitrogens with one attached hydrogen (secondary N) is 1. The Kier molecular flexibility index (Phi) is 3.46. The van der Waals surface area contributed by atoms with Crippen LogP contribution in [0.4, 0.5) is 11.6 Å². The Bertz CT molecular complexity index is 531. The van der Waals surface area contributed by atoms with Gasteiger partial charge in [-0.05, 0) is 31.9 Å². The molecule has 1 atom stereocenters. The molecule has 3 N–H and O–H groups in total. The first-order chi connectivity index (χ1) is 8.56. The molecule has 0 saturated carbocycles. The average Bonchev–Trinajstić information content (AvgIpc) is 2.27. The van der Waals surface area contributed by atoms with E-state index in [-0.39, 0.29) is 6.04 Å². The molecule has 1 aromatic heterocycles. The maximum Gasteiger partial charge on any atom is 0.132 e. The summed E-state index contributed by atoms with van der Waals surface area (Å²) in [5, 5.41) is 3.35. The number of benzene rings is 1. The van der Waals surface area contributed by atoms with Crippen LogP contribution < -0.4 is 11.1 Å². The monoisotopic (exact) mass is 242 g/mol. The smallest absolute Gasteiger partial charge is 0.132 e. The van der Waals surface area contributed by atoms with E-state index in [2.05, 4.69) is 41.3 Å². The minimum Gasteiger partial charge on any atom is -0.384 e. The predicted molar refractivity (Wildman–Crippen MR) is 74.4 cm³/mol. The molecule has 0 aliphatic heterocycles. The molecule has 0 aliphatic rings. The molecule has 18 heavy (non-hydrogen) atoms. The first-order valence-corrected chi connectivity index (χ1v) is 5.99. The Morgan fingerprint density at radius 2 is 1.89 bits per heavy atom. The summed E-state index contributed by atoms with van der Waals surface area (Å²) in [5.41, 5.74) is 8.23. The molecule has 4 heteroatoms. The SMILES string of the molecule is Cc1nc(N)cc(NC(C)c2ccccc2C)n1. The molecule has 0 amide bonds. The summed E-state index contributed by atoms with van der Waals surface area (Å²) in [6.07, 6.45) is 0. The van der Waals surface area contributed by atoms with Crippen molar-refractivity contribution in [1.82, 2.24) is 9.97 Å². The second-order valence-electron chi connectivity index (χ2n) is 4.45. The van der Waals surface area contributed by atoms with Crippen molar-refractivity contribution in [3.8, 4) is 0 Å². The van der Waals surface area contributed by atoms with Crippen LogP contribution in [0.2, 0.25) is 0 Å². The third kappa shape index (κ3) is 2.77. The van der Waals surface area contributed by atoms with E-state index in [0.717, 1.165) is 5.82 Å². The van der Waals surface area contributed by atoms with Gasteiger partial charge in [0.2, 0.25) is 0 Å². The van der Waals surface area contributed by atoms with Crippen molar-refractivity contribution in [2.75, 3.05) is 11.1 Å². The van der Waals surface area contributed by atoms with E-state index in [1.54, 1.807) is 6.07 Å². The van der Waals surface area contributed by atoms with Crippen molar-refractivity contribution in [3.05, 3.63) is 47.3 Å². The van der Waals surface area contributed by atoms with Gasteiger partial charge in [0.15, 0.2) is 0 Å². The van der Waals surface area contributed by atoms with Crippen LogP contribution >= 0.6 is 0 Å². The maximum absolute atomic E-state index is 5.71. The molecule has 0 saturated heterocycles. The zero-order valence-corrected chi connectivity index (χ0v) is 10.9. The molecule has 94 valence electrons. The molecule has 2 aromatic rings. The molecule has 0 bridgehead atoms. The lowest BCUT2D eigenvalue weighted by Gasteiger charge is -2.17. The van der Waals surface area contributed by atoms with Gasteiger partial charge >= 0.3 is 0 Å². The highest BCUT2D eigenvalue weighted by molar-refractivity contribution is 5.46. The summed E-state index contributed by atoms with van der Waals surface area (Å²) in [7, 11) is 0. The third-order valence-electron chi connectivity index (χ3n) is 2.88. The lowest BCUT2D eigenvalue weighted by atomic mass is 10.0. The molecule has 0 spiro atoms. The Hall–Kier alpha value is -2.10. The van der Waals surface area contributed by atoms with Gasteiger partial charge in [-0.3, -0.25) is 0 Å². The lowest BCUT2D eigenvalue weighted by Crippen LogP contribution is -2.10. The van der Waals surface area contributed by atoms with Crippen molar-refractivity contribution < 1.29 is 0 Å². The van der Waals surface area contributed by atoms with Crippen LogP contribution in [0.5, 0.6) is 0 Å². The van der Waals surface area contributed by atoms with Gasteiger partial charge in [-0.2, -0.15) is 0 Å².